The molecule has 0 aliphatic carbocycles. The molecule has 0 amide bonds. The Morgan fingerprint density at radius 2 is 2.20 bits per heavy atom. The molecule has 15 heavy (non-hydrogen) atoms. The summed E-state index contributed by atoms with van der Waals surface area (Å²) in [5.74, 6) is 0.828. The van der Waals surface area contributed by atoms with Crippen molar-refractivity contribution in [2.75, 3.05) is 5.32 Å². The molecule has 2 rings (SSSR count). The van der Waals surface area contributed by atoms with E-state index in [0.717, 1.165) is 11.5 Å². The Bertz CT molecular complexity index is 403. The number of hydrogen-bond acceptors (Lipinski definition) is 3. The maximum atomic E-state index is 4.31. The lowest BCUT2D eigenvalue weighted by Crippen LogP contribution is -2.10. The van der Waals surface area contributed by atoms with Crippen molar-refractivity contribution in [2.24, 2.45) is 0 Å². The molecule has 0 spiro atoms. The molecule has 0 radical (unpaired) electrons. The van der Waals surface area contributed by atoms with E-state index in [1.807, 2.05) is 30.6 Å². The number of nitrogens with zero attached hydrogens (tertiary/aromatic N) is 3. The van der Waals surface area contributed by atoms with Crippen LogP contribution in [0.4, 0.5) is 5.69 Å². The molecule has 0 atom stereocenters. The summed E-state index contributed by atoms with van der Waals surface area (Å²) in [5.41, 5.74) is 1.03. The fraction of sp³-hybridized carbons (Fsp3) is 0.273. The minimum Gasteiger partial charge on any atom is -0.382 e. The van der Waals surface area contributed by atoms with Crippen LogP contribution in [0.5, 0.6) is 0 Å². The lowest BCUT2D eigenvalue weighted by atomic mass is 10.3. The fourth-order valence-corrected chi connectivity index (χ4v) is 1.34. The zero-order valence-corrected chi connectivity index (χ0v) is 8.88. The molecular weight excluding hydrogens is 188 g/mol. The maximum Gasteiger partial charge on any atom is 0.153 e. The van der Waals surface area contributed by atoms with Gasteiger partial charge in [-0.3, -0.25) is 0 Å². The number of nitrogens with one attached hydrogen (secondary N) is 1. The van der Waals surface area contributed by atoms with Gasteiger partial charge in [0.2, 0.25) is 0 Å². The van der Waals surface area contributed by atoms with E-state index in [0.29, 0.717) is 6.04 Å². The van der Waals surface area contributed by atoms with Gasteiger partial charge in [0, 0.05) is 18.4 Å². The van der Waals surface area contributed by atoms with E-state index in [1.165, 1.54) is 0 Å². The second kappa shape index (κ2) is 4.13. The summed E-state index contributed by atoms with van der Waals surface area (Å²) in [6.07, 6.45) is 5.43. The Labute approximate surface area is 89.0 Å². The number of anilines is 1. The topological polar surface area (TPSA) is 42.7 Å². The van der Waals surface area contributed by atoms with E-state index in [1.54, 1.807) is 10.9 Å². The average molecular weight is 202 g/mol. The van der Waals surface area contributed by atoms with Crippen LogP contribution in [0, 0.1) is 0 Å². The molecule has 0 fully saturated rings. The number of rotatable bonds is 3. The van der Waals surface area contributed by atoms with Gasteiger partial charge in [-0.1, -0.05) is 0 Å². The van der Waals surface area contributed by atoms with E-state index in [-0.39, 0.29) is 0 Å². The van der Waals surface area contributed by atoms with Crippen LogP contribution in [-0.2, 0) is 0 Å². The fourth-order valence-electron chi connectivity index (χ4n) is 1.34. The van der Waals surface area contributed by atoms with Gasteiger partial charge in [0.15, 0.2) is 5.82 Å². The summed E-state index contributed by atoms with van der Waals surface area (Å²) in [6, 6.07) is 6.24. The smallest absolute Gasteiger partial charge is 0.153 e. The molecule has 2 heterocycles. The normalized spacial score (nSPS) is 10.6. The predicted molar refractivity (Wildman–Crippen MR) is 60.1 cm³/mol. The first-order valence-electron chi connectivity index (χ1n) is 4.98. The quantitative estimate of drug-likeness (QED) is 0.828. The Hall–Kier alpha value is -1.84. The monoisotopic (exact) mass is 202 g/mol. The molecule has 78 valence electrons. The third-order valence-corrected chi connectivity index (χ3v) is 1.94. The standard InChI is InChI=1S/C11H14N4/c1-9(2)14-10-4-5-11(12-8-10)15-7-3-6-13-15/h3-9,14H,1-2H3. The summed E-state index contributed by atoms with van der Waals surface area (Å²) in [6.45, 7) is 4.20. The molecular formula is C11H14N4. The molecule has 4 heteroatoms. The van der Waals surface area contributed by atoms with Gasteiger partial charge in [0.1, 0.15) is 0 Å². The van der Waals surface area contributed by atoms with Crippen LogP contribution in [0.1, 0.15) is 13.8 Å². The number of hydrogen-bond donors (Lipinski definition) is 1. The highest BCUT2D eigenvalue weighted by atomic mass is 15.3. The second-order valence-corrected chi connectivity index (χ2v) is 3.65. The van der Waals surface area contributed by atoms with Crippen LogP contribution >= 0.6 is 0 Å². The van der Waals surface area contributed by atoms with Crippen molar-refractivity contribution in [3.63, 3.8) is 0 Å². The van der Waals surface area contributed by atoms with Crippen molar-refractivity contribution >= 4 is 5.69 Å². The number of aromatic nitrogens is 3. The molecule has 0 aromatic carbocycles. The van der Waals surface area contributed by atoms with E-state index in [9.17, 15) is 0 Å². The van der Waals surface area contributed by atoms with Gasteiger partial charge in [0.05, 0.1) is 11.9 Å². The van der Waals surface area contributed by atoms with Gasteiger partial charge in [-0.05, 0) is 32.0 Å². The van der Waals surface area contributed by atoms with Crippen molar-refractivity contribution in [1.29, 1.82) is 0 Å². The van der Waals surface area contributed by atoms with Gasteiger partial charge in [-0.15, -0.1) is 0 Å². The van der Waals surface area contributed by atoms with E-state index in [4.69, 9.17) is 0 Å². The van der Waals surface area contributed by atoms with Crippen molar-refractivity contribution in [1.82, 2.24) is 14.8 Å². The molecule has 0 aliphatic rings. The lowest BCUT2D eigenvalue weighted by molar-refractivity contribution is 0.844. The van der Waals surface area contributed by atoms with Crippen molar-refractivity contribution < 1.29 is 0 Å². The molecule has 1 N–H and O–H groups in total. The summed E-state index contributed by atoms with van der Waals surface area (Å²) in [4.78, 5) is 4.31. The third-order valence-electron chi connectivity index (χ3n) is 1.94. The highest BCUT2D eigenvalue weighted by molar-refractivity contribution is 5.43. The van der Waals surface area contributed by atoms with E-state index < -0.39 is 0 Å². The first kappa shape index (κ1) is 9.71. The molecule has 2 aromatic rings. The summed E-state index contributed by atoms with van der Waals surface area (Å²) < 4.78 is 1.74. The Morgan fingerprint density at radius 1 is 1.33 bits per heavy atom. The Balaban J connectivity index is 2.17. The number of pyridine rings is 1. The summed E-state index contributed by atoms with van der Waals surface area (Å²) >= 11 is 0. The lowest BCUT2D eigenvalue weighted by Gasteiger charge is -2.09. The summed E-state index contributed by atoms with van der Waals surface area (Å²) in [5, 5.41) is 7.40. The van der Waals surface area contributed by atoms with Gasteiger partial charge in [-0.25, -0.2) is 9.67 Å². The van der Waals surface area contributed by atoms with Crippen LogP contribution in [0.3, 0.4) is 0 Å². The van der Waals surface area contributed by atoms with E-state index >= 15 is 0 Å². The maximum absolute atomic E-state index is 4.31. The van der Waals surface area contributed by atoms with Crippen LogP contribution in [0.2, 0.25) is 0 Å². The minimum atomic E-state index is 0.419. The largest absolute Gasteiger partial charge is 0.382 e. The van der Waals surface area contributed by atoms with Crippen LogP contribution in [0.15, 0.2) is 36.8 Å². The SMILES string of the molecule is CC(C)Nc1ccc(-n2cccn2)nc1. The average Bonchev–Trinajstić information content (AvgIpc) is 2.71. The molecule has 0 bridgehead atoms. The molecule has 2 aromatic heterocycles. The first-order valence-corrected chi connectivity index (χ1v) is 4.98. The highest BCUT2D eigenvalue weighted by Crippen LogP contribution is 2.09. The zero-order chi connectivity index (χ0) is 10.7. The molecule has 4 nitrogen and oxygen atoms in total. The molecule has 0 aliphatic heterocycles. The van der Waals surface area contributed by atoms with Crippen LogP contribution in [0.25, 0.3) is 5.82 Å². The first-order chi connectivity index (χ1) is 7.25. The third kappa shape index (κ3) is 2.34. The van der Waals surface area contributed by atoms with Crippen molar-refractivity contribution in [3.8, 4) is 5.82 Å². The van der Waals surface area contributed by atoms with Crippen LogP contribution < -0.4 is 5.32 Å². The summed E-state index contributed by atoms with van der Waals surface area (Å²) in [7, 11) is 0. The van der Waals surface area contributed by atoms with Crippen LogP contribution in [-0.4, -0.2) is 20.8 Å². The zero-order valence-electron chi connectivity index (χ0n) is 8.88. The van der Waals surface area contributed by atoms with Crippen molar-refractivity contribution in [3.05, 3.63) is 36.8 Å². The Kier molecular flexibility index (Phi) is 2.67. The second-order valence-electron chi connectivity index (χ2n) is 3.65. The predicted octanol–water partition coefficient (Wildman–Crippen LogP) is 2.09. The van der Waals surface area contributed by atoms with Crippen molar-refractivity contribution in [2.45, 2.75) is 19.9 Å². The Morgan fingerprint density at radius 3 is 2.73 bits per heavy atom. The van der Waals surface area contributed by atoms with Gasteiger partial charge < -0.3 is 5.32 Å². The molecule has 0 saturated carbocycles. The highest BCUT2D eigenvalue weighted by Gasteiger charge is 1.98. The van der Waals surface area contributed by atoms with E-state index in [2.05, 4.69) is 29.2 Å². The van der Waals surface area contributed by atoms with Gasteiger partial charge in [0.25, 0.3) is 0 Å². The van der Waals surface area contributed by atoms with Gasteiger partial charge in [-0.2, -0.15) is 5.10 Å². The molecule has 0 unspecified atom stereocenters. The van der Waals surface area contributed by atoms with Gasteiger partial charge >= 0.3 is 0 Å². The minimum absolute atomic E-state index is 0.419. The molecule has 0 saturated heterocycles.